The number of pyridine rings is 2. The molecule has 0 aliphatic heterocycles. The van der Waals surface area contributed by atoms with Crippen LogP contribution >= 0.6 is 0 Å². The fourth-order valence-electron chi connectivity index (χ4n) is 3.03. The molecule has 33 heavy (non-hydrogen) atoms. The minimum absolute atomic E-state index is 0. The molecule has 0 amide bonds. The van der Waals surface area contributed by atoms with Gasteiger partial charge in [-0.2, -0.15) is 0 Å². The predicted molar refractivity (Wildman–Crippen MR) is 122 cm³/mol. The van der Waals surface area contributed by atoms with E-state index in [4.69, 9.17) is 0 Å². The third kappa shape index (κ3) is 6.48. The van der Waals surface area contributed by atoms with E-state index in [9.17, 15) is 8.78 Å². The van der Waals surface area contributed by atoms with Crippen LogP contribution in [0.15, 0.2) is 109 Å². The first-order chi connectivity index (χ1) is 15.7. The first-order valence-corrected chi connectivity index (χ1v) is 9.98. The Balaban J connectivity index is 0.000000202. The van der Waals surface area contributed by atoms with Crippen molar-refractivity contribution in [3.8, 4) is 33.6 Å². The Morgan fingerprint density at radius 1 is 0.606 bits per heavy atom. The molecule has 0 saturated heterocycles. The van der Waals surface area contributed by atoms with Crippen molar-refractivity contribution in [1.82, 2.24) is 9.97 Å². The standard InChI is InChI=1S/C17H10F2N.C11H8N.Ir/c18-15-8-6-13(10-16(15)19)17-9-7-14(11-20-17)12-4-2-1-3-5-12;1-2-6-10(7-3-1)11-8-4-5-9-12-11;/h1-9,11H;1-6,8-9H;/q2*-1;. The van der Waals surface area contributed by atoms with Gasteiger partial charge in [0.15, 0.2) is 0 Å². The van der Waals surface area contributed by atoms with Crippen molar-refractivity contribution in [1.29, 1.82) is 0 Å². The minimum atomic E-state index is -0.989. The smallest absolute Gasteiger partial charge is 0.0751 e. The average molecular weight is 613 g/mol. The molecule has 0 N–H and O–H groups in total. The zero-order valence-electron chi connectivity index (χ0n) is 17.4. The van der Waals surface area contributed by atoms with Gasteiger partial charge in [0.1, 0.15) is 0 Å². The van der Waals surface area contributed by atoms with Crippen molar-refractivity contribution in [3.05, 3.63) is 133 Å². The Hall–Kier alpha value is -3.53. The summed E-state index contributed by atoms with van der Waals surface area (Å²) in [6.07, 6.45) is 3.50. The van der Waals surface area contributed by atoms with Gasteiger partial charge in [-0.15, -0.1) is 59.7 Å². The number of aromatic nitrogens is 2. The average Bonchev–Trinajstić information content (AvgIpc) is 2.88. The van der Waals surface area contributed by atoms with Crippen LogP contribution in [0.5, 0.6) is 0 Å². The van der Waals surface area contributed by atoms with E-state index < -0.39 is 11.6 Å². The van der Waals surface area contributed by atoms with Crippen LogP contribution in [-0.2, 0) is 20.1 Å². The fraction of sp³-hybridized carbons (Fsp3) is 0. The van der Waals surface area contributed by atoms with Crippen molar-refractivity contribution in [2.75, 3.05) is 0 Å². The van der Waals surface area contributed by atoms with Crippen LogP contribution in [0.1, 0.15) is 0 Å². The van der Waals surface area contributed by atoms with Gasteiger partial charge in [0.2, 0.25) is 0 Å². The van der Waals surface area contributed by atoms with Gasteiger partial charge >= 0.3 is 0 Å². The third-order valence-corrected chi connectivity index (χ3v) is 4.65. The van der Waals surface area contributed by atoms with Crippen LogP contribution < -0.4 is 0 Å². The Bertz CT molecular complexity index is 1230. The number of hydrogen-bond acceptors (Lipinski definition) is 2. The quantitative estimate of drug-likeness (QED) is 0.204. The molecule has 3 aromatic carbocycles. The summed E-state index contributed by atoms with van der Waals surface area (Å²) in [4.78, 5) is 8.49. The van der Waals surface area contributed by atoms with Crippen LogP contribution in [-0.4, -0.2) is 9.97 Å². The molecular weight excluding hydrogens is 595 g/mol. The van der Waals surface area contributed by atoms with Crippen molar-refractivity contribution in [2.45, 2.75) is 0 Å². The SMILES string of the molecule is Fc1[c-]c(-c2ccc(-c3ccccc3)cn2)ccc1F.[Ir].[c-]1ccccc1-c1ccccn1. The summed E-state index contributed by atoms with van der Waals surface area (Å²) < 4.78 is 26.0. The van der Waals surface area contributed by atoms with Crippen molar-refractivity contribution >= 4 is 0 Å². The number of halogens is 2. The Labute approximate surface area is 205 Å². The topological polar surface area (TPSA) is 25.8 Å². The number of nitrogens with zero attached hydrogens (tertiary/aromatic N) is 2. The molecular formula is C28H18F2IrN2-2. The van der Waals surface area contributed by atoms with E-state index in [1.165, 1.54) is 6.07 Å². The molecule has 0 spiro atoms. The Morgan fingerprint density at radius 2 is 1.36 bits per heavy atom. The zero-order valence-corrected chi connectivity index (χ0v) is 19.8. The van der Waals surface area contributed by atoms with Crippen LogP contribution in [0, 0.1) is 23.8 Å². The third-order valence-electron chi connectivity index (χ3n) is 4.65. The summed E-state index contributed by atoms with van der Waals surface area (Å²) in [7, 11) is 0. The summed E-state index contributed by atoms with van der Waals surface area (Å²) in [5.74, 6) is -1.90. The number of hydrogen-bond donors (Lipinski definition) is 0. The van der Waals surface area contributed by atoms with Gasteiger partial charge in [0.25, 0.3) is 0 Å². The molecule has 0 atom stereocenters. The number of benzene rings is 3. The van der Waals surface area contributed by atoms with Crippen molar-refractivity contribution < 1.29 is 28.9 Å². The molecule has 2 heterocycles. The first kappa shape index (κ1) is 24.1. The largest absolute Gasteiger partial charge is 0.305 e. The van der Waals surface area contributed by atoms with Crippen LogP contribution in [0.25, 0.3) is 33.6 Å². The molecule has 0 saturated carbocycles. The van der Waals surface area contributed by atoms with E-state index in [0.717, 1.165) is 28.5 Å². The van der Waals surface area contributed by atoms with Gasteiger partial charge in [0, 0.05) is 32.5 Å². The first-order valence-electron chi connectivity index (χ1n) is 9.98. The molecule has 2 nitrogen and oxygen atoms in total. The predicted octanol–water partition coefficient (Wildman–Crippen LogP) is 7.04. The maximum Gasteiger partial charge on any atom is 0.0751 e. The molecule has 165 valence electrons. The van der Waals surface area contributed by atoms with Gasteiger partial charge in [0.05, 0.1) is 11.6 Å². The van der Waals surface area contributed by atoms with E-state index >= 15 is 0 Å². The molecule has 5 rings (SSSR count). The maximum absolute atomic E-state index is 13.2. The second-order valence-electron chi connectivity index (χ2n) is 6.82. The van der Waals surface area contributed by atoms with Gasteiger partial charge in [-0.3, -0.25) is 4.39 Å². The Morgan fingerprint density at radius 3 is 2.00 bits per heavy atom. The van der Waals surface area contributed by atoms with Gasteiger partial charge < -0.3 is 9.97 Å². The zero-order chi connectivity index (χ0) is 22.2. The van der Waals surface area contributed by atoms with Crippen LogP contribution in [0.2, 0.25) is 0 Å². The normalized spacial score (nSPS) is 9.88. The van der Waals surface area contributed by atoms with Crippen molar-refractivity contribution in [3.63, 3.8) is 0 Å². The van der Waals surface area contributed by atoms with Crippen LogP contribution in [0.3, 0.4) is 0 Å². The van der Waals surface area contributed by atoms with E-state index in [0.29, 0.717) is 11.3 Å². The fourth-order valence-corrected chi connectivity index (χ4v) is 3.03. The van der Waals surface area contributed by atoms with Gasteiger partial charge in [-0.25, -0.2) is 4.39 Å². The summed E-state index contributed by atoms with van der Waals surface area (Å²) in [5.41, 5.74) is 5.03. The molecule has 5 aromatic rings. The second-order valence-corrected chi connectivity index (χ2v) is 6.82. The van der Waals surface area contributed by atoms with Crippen LogP contribution in [0.4, 0.5) is 8.78 Å². The molecule has 1 radical (unpaired) electrons. The summed E-state index contributed by atoms with van der Waals surface area (Å²) in [5, 5.41) is 0. The van der Waals surface area contributed by atoms with E-state index in [2.05, 4.69) is 22.1 Å². The molecule has 0 aliphatic carbocycles. The summed E-state index contributed by atoms with van der Waals surface area (Å²) in [6, 6.07) is 35.2. The molecule has 0 bridgehead atoms. The van der Waals surface area contributed by atoms with Gasteiger partial charge in [-0.05, 0) is 28.6 Å². The van der Waals surface area contributed by atoms with E-state index in [1.54, 1.807) is 18.5 Å². The second kappa shape index (κ2) is 11.9. The molecule has 5 heteroatoms. The van der Waals surface area contributed by atoms with Gasteiger partial charge in [-0.1, -0.05) is 54.6 Å². The molecule has 0 fully saturated rings. The van der Waals surface area contributed by atoms with E-state index in [-0.39, 0.29) is 20.1 Å². The molecule has 0 aliphatic rings. The van der Waals surface area contributed by atoms with Crippen molar-refractivity contribution in [2.24, 2.45) is 0 Å². The minimum Gasteiger partial charge on any atom is -0.305 e. The summed E-state index contributed by atoms with van der Waals surface area (Å²) in [6.45, 7) is 0. The monoisotopic (exact) mass is 613 g/mol. The van der Waals surface area contributed by atoms with E-state index in [1.807, 2.05) is 78.9 Å². The number of rotatable bonds is 3. The maximum atomic E-state index is 13.2. The molecule has 2 aromatic heterocycles. The Kier molecular flexibility index (Phi) is 8.70. The molecule has 0 unspecified atom stereocenters. The summed E-state index contributed by atoms with van der Waals surface area (Å²) >= 11 is 0.